The summed E-state index contributed by atoms with van der Waals surface area (Å²) in [4.78, 5) is 15.9. The van der Waals surface area contributed by atoms with E-state index in [1.807, 2.05) is 0 Å². The summed E-state index contributed by atoms with van der Waals surface area (Å²) < 4.78 is 27.4. The smallest absolute Gasteiger partial charge is 0.285 e. The lowest BCUT2D eigenvalue weighted by molar-refractivity contribution is -0.167. The van der Waals surface area contributed by atoms with Crippen molar-refractivity contribution in [2.24, 2.45) is 5.41 Å². The number of amides is 1. The van der Waals surface area contributed by atoms with Crippen LogP contribution < -0.4 is 0 Å². The van der Waals surface area contributed by atoms with Crippen LogP contribution in [0.1, 0.15) is 40.0 Å². The van der Waals surface area contributed by atoms with Gasteiger partial charge in [-0.25, -0.2) is 8.78 Å². The first-order chi connectivity index (χ1) is 9.60. The van der Waals surface area contributed by atoms with Gasteiger partial charge in [0.1, 0.15) is 6.10 Å². The number of alkyl halides is 2. The number of carbonyl (C=O) groups is 1. The number of hydrogen-bond acceptors (Lipinski definition) is 3. The molecule has 0 aromatic rings. The molecule has 0 aromatic carbocycles. The highest BCUT2D eigenvalue weighted by Crippen LogP contribution is 2.31. The van der Waals surface area contributed by atoms with Gasteiger partial charge in [-0.3, -0.25) is 9.69 Å². The van der Waals surface area contributed by atoms with Gasteiger partial charge < -0.3 is 10.0 Å². The molecule has 2 aliphatic heterocycles. The van der Waals surface area contributed by atoms with Crippen molar-refractivity contribution in [1.29, 1.82) is 0 Å². The zero-order valence-corrected chi connectivity index (χ0v) is 13.1. The molecule has 0 spiro atoms. The summed E-state index contributed by atoms with van der Waals surface area (Å²) in [6.07, 6.45) is -0.0862. The SMILES string of the molecule is CC(C)(C)CN1CCC[C@@H](N2CC[C@@H](O)C(F)(F)C2)C1=O. The van der Waals surface area contributed by atoms with Crippen molar-refractivity contribution in [3.8, 4) is 0 Å². The van der Waals surface area contributed by atoms with Crippen molar-refractivity contribution in [2.45, 2.75) is 58.1 Å². The second kappa shape index (κ2) is 5.80. The van der Waals surface area contributed by atoms with Crippen LogP contribution in [-0.2, 0) is 4.79 Å². The molecule has 1 amide bonds. The van der Waals surface area contributed by atoms with E-state index in [0.717, 1.165) is 6.42 Å². The fourth-order valence-electron chi connectivity index (χ4n) is 3.21. The monoisotopic (exact) mass is 304 g/mol. The van der Waals surface area contributed by atoms with Crippen LogP contribution in [0.25, 0.3) is 0 Å². The van der Waals surface area contributed by atoms with Crippen molar-refractivity contribution in [3.05, 3.63) is 0 Å². The third-order valence-electron chi connectivity index (χ3n) is 4.20. The van der Waals surface area contributed by atoms with Gasteiger partial charge in [0.2, 0.25) is 5.91 Å². The molecule has 2 rings (SSSR count). The molecule has 0 saturated carbocycles. The molecule has 2 atom stereocenters. The summed E-state index contributed by atoms with van der Waals surface area (Å²) in [6, 6.07) is -0.459. The van der Waals surface area contributed by atoms with Gasteiger partial charge in [-0.1, -0.05) is 20.8 Å². The highest BCUT2D eigenvalue weighted by molar-refractivity contribution is 5.82. The van der Waals surface area contributed by atoms with Crippen LogP contribution in [0, 0.1) is 5.41 Å². The van der Waals surface area contributed by atoms with Crippen LogP contribution in [0.2, 0.25) is 0 Å². The van der Waals surface area contributed by atoms with Crippen molar-refractivity contribution in [3.63, 3.8) is 0 Å². The Kier molecular flexibility index (Phi) is 4.59. The minimum Gasteiger partial charge on any atom is -0.387 e. The fraction of sp³-hybridized carbons (Fsp3) is 0.933. The van der Waals surface area contributed by atoms with Crippen molar-refractivity contribution >= 4 is 5.91 Å². The van der Waals surface area contributed by atoms with Gasteiger partial charge in [0.05, 0.1) is 12.6 Å². The average Bonchev–Trinajstić information content (AvgIpc) is 2.34. The van der Waals surface area contributed by atoms with E-state index in [0.29, 0.717) is 26.1 Å². The summed E-state index contributed by atoms with van der Waals surface area (Å²) in [5.41, 5.74) is -0.000417. The molecule has 0 aliphatic carbocycles. The number of carbonyl (C=O) groups excluding carboxylic acids is 1. The lowest BCUT2D eigenvalue weighted by Crippen LogP contribution is -2.60. The van der Waals surface area contributed by atoms with Gasteiger partial charge in [-0.05, 0) is 24.7 Å². The number of piperidine rings is 2. The van der Waals surface area contributed by atoms with Crippen molar-refractivity contribution < 1.29 is 18.7 Å². The van der Waals surface area contributed by atoms with Crippen molar-refractivity contribution in [2.75, 3.05) is 26.2 Å². The number of nitrogens with zero attached hydrogens (tertiary/aromatic N) is 2. The third kappa shape index (κ3) is 3.92. The predicted molar refractivity (Wildman–Crippen MR) is 76.2 cm³/mol. The Morgan fingerprint density at radius 1 is 1.29 bits per heavy atom. The van der Waals surface area contributed by atoms with Gasteiger partial charge in [-0.2, -0.15) is 0 Å². The first kappa shape index (κ1) is 16.6. The Hall–Kier alpha value is -0.750. The lowest BCUT2D eigenvalue weighted by Gasteiger charge is -2.44. The highest BCUT2D eigenvalue weighted by Gasteiger charge is 2.47. The van der Waals surface area contributed by atoms with Crippen LogP contribution in [0.5, 0.6) is 0 Å². The number of rotatable bonds is 2. The molecule has 21 heavy (non-hydrogen) atoms. The summed E-state index contributed by atoms with van der Waals surface area (Å²) in [5, 5.41) is 9.35. The Balaban J connectivity index is 2.04. The fourth-order valence-corrected chi connectivity index (χ4v) is 3.21. The second-order valence-electron chi connectivity index (χ2n) is 7.51. The van der Waals surface area contributed by atoms with E-state index in [-0.39, 0.29) is 17.7 Å². The van der Waals surface area contributed by atoms with Gasteiger partial charge in [-0.15, -0.1) is 0 Å². The minimum atomic E-state index is -3.12. The molecule has 6 heteroatoms. The van der Waals surface area contributed by atoms with Gasteiger partial charge >= 0.3 is 0 Å². The third-order valence-corrected chi connectivity index (χ3v) is 4.20. The van der Waals surface area contributed by atoms with E-state index in [2.05, 4.69) is 20.8 Å². The molecule has 0 unspecified atom stereocenters. The summed E-state index contributed by atoms with van der Waals surface area (Å²) in [5.74, 6) is -3.16. The first-order valence-corrected chi connectivity index (χ1v) is 7.69. The molecule has 2 heterocycles. The van der Waals surface area contributed by atoms with Crippen LogP contribution in [0.4, 0.5) is 8.78 Å². The van der Waals surface area contributed by atoms with E-state index >= 15 is 0 Å². The molecule has 1 N–H and O–H groups in total. The number of aliphatic hydroxyl groups excluding tert-OH is 1. The van der Waals surface area contributed by atoms with Gasteiger partial charge in [0, 0.05) is 19.6 Å². The molecule has 4 nitrogen and oxygen atoms in total. The Morgan fingerprint density at radius 3 is 2.52 bits per heavy atom. The molecule has 0 bridgehead atoms. The predicted octanol–water partition coefficient (Wildman–Crippen LogP) is 1.73. The first-order valence-electron chi connectivity index (χ1n) is 7.69. The van der Waals surface area contributed by atoms with Gasteiger partial charge in [0.25, 0.3) is 5.92 Å². The Bertz CT molecular complexity index is 396. The van der Waals surface area contributed by atoms with Gasteiger partial charge in [0.15, 0.2) is 0 Å². The molecule has 122 valence electrons. The second-order valence-corrected chi connectivity index (χ2v) is 7.51. The Labute approximate surface area is 125 Å². The van der Waals surface area contributed by atoms with Crippen LogP contribution in [0.3, 0.4) is 0 Å². The Morgan fingerprint density at radius 2 is 1.95 bits per heavy atom. The molecule has 0 radical (unpaired) electrons. The maximum absolute atomic E-state index is 13.7. The minimum absolute atomic E-state index is 0.000417. The maximum atomic E-state index is 13.7. The lowest BCUT2D eigenvalue weighted by atomic mass is 9.92. The molecule has 2 fully saturated rings. The number of halogens is 2. The van der Waals surface area contributed by atoms with E-state index in [9.17, 15) is 18.7 Å². The molecular formula is C15H26F2N2O2. The normalized spacial score (nSPS) is 31.5. The van der Waals surface area contributed by atoms with Crippen LogP contribution >= 0.6 is 0 Å². The molecule has 0 aromatic heterocycles. The maximum Gasteiger partial charge on any atom is 0.285 e. The molecule has 2 aliphatic rings. The van der Waals surface area contributed by atoms with E-state index in [1.54, 1.807) is 9.80 Å². The summed E-state index contributed by atoms with van der Waals surface area (Å²) >= 11 is 0. The number of likely N-dealkylation sites (tertiary alicyclic amines) is 2. The molecule has 2 saturated heterocycles. The highest BCUT2D eigenvalue weighted by atomic mass is 19.3. The topological polar surface area (TPSA) is 43.8 Å². The van der Waals surface area contributed by atoms with Crippen LogP contribution in [0.15, 0.2) is 0 Å². The standard InChI is InChI=1S/C15H26F2N2O2/c1-14(2,3)9-19-7-4-5-11(13(19)21)18-8-6-12(20)15(16,17)10-18/h11-12,20H,4-10H2,1-3H3/t11-,12-/m1/s1. The zero-order valence-electron chi connectivity index (χ0n) is 13.1. The number of hydrogen-bond donors (Lipinski definition) is 1. The molecular weight excluding hydrogens is 278 g/mol. The largest absolute Gasteiger partial charge is 0.387 e. The zero-order chi connectivity index (χ0) is 15.8. The van der Waals surface area contributed by atoms with E-state index in [4.69, 9.17) is 0 Å². The van der Waals surface area contributed by atoms with E-state index < -0.39 is 24.6 Å². The summed E-state index contributed by atoms with van der Waals surface area (Å²) in [6.45, 7) is 7.39. The average molecular weight is 304 g/mol. The van der Waals surface area contributed by atoms with Crippen LogP contribution in [-0.4, -0.2) is 65.1 Å². The van der Waals surface area contributed by atoms with E-state index in [1.165, 1.54) is 0 Å². The quantitative estimate of drug-likeness (QED) is 0.845. The van der Waals surface area contributed by atoms with Crippen molar-refractivity contribution in [1.82, 2.24) is 9.80 Å². The number of aliphatic hydroxyl groups is 1. The summed E-state index contributed by atoms with van der Waals surface area (Å²) in [7, 11) is 0.